The second-order valence-electron chi connectivity index (χ2n) is 6.90. The highest BCUT2D eigenvalue weighted by molar-refractivity contribution is 5.95. The number of fused-ring (bicyclic) bond motifs is 1. The summed E-state index contributed by atoms with van der Waals surface area (Å²) < 4.78 is 1.96. The topological polar surface area (TPSA) is 67.7 Å². The van der Waals surface area contributed by atoms with Gasteiger partial charge < -0.3 is 9.72 Å². The molecule has 6 heteroatoms. The normalized spacial score (nSPS) is 11.0. The molecule has 2 heterocycles. The average molecular weight is 380 g/mol. The van der Waals surface area contributed by atoms with E-state index in [-0.39, 0.29) is 5.91 Å². The van der Waals surface area contributed by atoms with Gasteiger partial charge in [-0.1, -0.05) is 25.1 Å². The van der Waals surface area contributed by atoms with E-state index in [1.54, 1.807) is 6.20 Å². The van der Waals surface area contributed by atoms with Crippen molar-refractivity contribution in [1.29, 1.82) is 0 Å². The molecular formula is C22H28N4O2. The van der Waals surface area contributed by atoms with Crippen LogP contribution in [0.5, 0.6) is 0 Å². The number of carbonyl (C=O) groups excluding carboxylic acids is 1. The number of nitrogens with zero attached hydrogens (tertiary/aromatic N) is 2. The third-order valence-electron chi connectivity index (χ3n) is 5.11. The van der Waals surface area contributed by atoms with E-state index >= 15 is 0 Å². The number of carbonyl (C=O) groups is 1. The van der Waals surface area contributed by atoms with E-state index in [9.17, 15) is 4.79 Å². The Labute approximate surface area is 165 Å². The van der Waals surface area contributed by atoms with Gasteiger partial charge in [-0.3, -0.25) is 9.63 Å². The molecule has 28 heavy (non-hydrogen) atoms. The number of pyridine rings is 1. The van der Waals surface area contributed by atoms with Crippen molar-refractivity contribution in [3.05, 3.63) is 64.1 Å². The molecule has 0 fully saturated rings. The van der Waals surface area contributed by atoms with Gasteiger partial charge in [0.25, 0.3) is 5.91 Å². The lowest BCUT2D eigenvalue weighted by atomic mass is 10.00. The first kappa shape index (κ1) is 19.9. The van der Waals surface area contributed by atoms with Crippen LogP contribution in [0.4, 0.5) is 5.69 Å². The Bertz CT molecular complexity index is 1010. The van der Waals surface area contributed by atoms with E-state index in [0.29, 0.717) is 18.7 Å². The second-order valence-corrected chi connectivity index (χ2v) is 6.90. The first-order valence-corrected chi connectivity index (χ1v) is 9.68. The zero-order chi connectivity index (χ0) is 20.3. The molecule has 0 atom stereocenters. The van der Waals surface area contributed by atoms with E-state index in [2.05, 4.69) is 42.8 Å². The molecule has 2 N–H and O–H groups in total. The Morgan fingerprint density at radius 3 is 2.71 bits per heavy atom. The Kier molecular flexibility index (Phi) is 5.99. The van der Waals surface area contributed by atoms with Crippen molar-refractivity contribution in [2.75, 3.05) is 11.9 Å². The molecular weight excluding hydrogens is 352 g/mol. The van der Waals surface area contributed by atoms with Gasteiger partial charge in [-0.15, -0.1) is 0 Å². The number of hydroxylamine groups is 1. The van der Waals surface area contributed by atoms with Crippen LogP contribution in [0.1, 0.15) is 52.3 Å². The Morgan fingerprint density at radius 2 is 2.00 bits per heavy atom. The molecule has 0 saturated carbocycles. The number of aryl methyl sites for hydroxylation is 4. The second kappa shape index (κ2) is 8.44. The van der Waals surface area contributed by atoms with Gasteiger partial charge in [0.15, 0.2) is 5.65 Å². The molecule has 0 aliphatic rings. The monoisotopic (exact) mass is 380 g/mol. The summed E-state index contributed by atoms with van der Waals surface area (Å²) in [7, 11) is 0. The highest BCUT2D eigenvalue weighted by atomic mass is 16.6. The standard InChI is InChI=1S/C22H28N4O2/c1-6-17-10-8-9-14(3)19(17)12-23-20-11-18(22(27)25-28-7-2)13-26-16(5)15(4)24-21(20)26/h8-11,13,23H,6-7,12H2,1-5H3,(H,25,27). The van der Waals surface area contributed by atoms with Gasteiger partial charge in [0, 0.05) is 18.4 Å². The number of rotatable bonds is 7. The summed E-state index contributed by atoms with van der Waals surface area (Å²) in [6.07, 6.45) is 2.78. The van der Waals surface area contributed by atoms with Gasteiger partial charge in [0.05, 0.1) is 23.6 Å². The van der Waals surface area contributed by atoms with Gasteiger partial charge in [-0.05, 0) is 56.9 Å². The first-order chi connectivity index (χ1) is 13.5. The maximum absolute atomic E-state index is 12.4. The van der Waals surface area contributed by atoms with Gasteiger partial charge in [0.1, 0.15) is 0 Å². The number of amides is 1. The van der Waals surface area contributed by atoms with E-state index < -0.39 is 0 Å². The van der Waals surface area contributed by atoms with Crippen molar-refractivity contribution < 1.29 is 9.63 Å². The summed E-state index contributed by atoms with van der Waals surface area (Å²) in [6, 6.07) is 8.21. The number of hydrogen-bond acceptors (Lipinski definition) is 4. The summed E-state index contributed by atoms with van der Waals surface area (Å²) in [5, 5.41) is 3.51. The largest absolute Gasteiger partial charge is 0.378 e. The van der Waals surface area contributed by atoms with Gasteiger partial charge in [-0.2, -0.15) is 0 Å². The summed E-state index contributed by atoms with van der Waals surface area (Å²) in [5.74, 6) is -0.275. The highest BCUT2D eigenvalue weighted by Crippen LogP contribution is 2.24. The first-order valence-electron chi connectivity index (χ1n) is 9.68. The van der Waals surface area contributed by atoms with Gasteiger partial charge >= 0.3 is 0 Å². The fraction of sp³-hybridized carbons (Fsp3) is 0.364. The Morgan fingerprint density at radius 1 is 1.21 bits per heavy atom. The Hall–Kier alpha value is -2.86. The third-order valence-corrected chi connectivity index (χ3v) is 5.11. The fourth-order valence-electron chi connectivity index (χ4n) is 3.35. The summed E-state index contributed by atoms with van der Waals surface area (Å²) >= 11 is 0. The van der Waals surface area contributed by atoms with Crippen molar-refractivity contribution >= 4 is 17.2 Å². The van der Waals surface area contributed by atoms with Crippen molar-refractivity contribution in [3.8, 4) is 0 Å². The molecule has 148 valence electrons. The number of anilines is 1. The minimum Gasteiger partial charge on any atom is -0.378 e. The van der Waals surface area contributed by atoms with Crippen LogP contribution in [0.25, 0.3) is 5.65 Å². The molecule has 0 saturated heterocycles. The van der Waals surface area contributed by atoms with Gasteiger partial charge in [0.2, 0.25) is 0 Å². The summed E-state index contributed by atoms with van der Waals surface area (Å²) in [5.41, 5.74) is 10.4. The number of benzene rings is 1. The molecule has 0 aliphatic carbocycles. The third kappa shape index (κ3) is 3.87. The van der Waals surface area contributed by atoms with Crippen LogP contribution in [0.3, 0.4) is 0 Å². The lowest BCUT2D eigenvalue weighted by Gasteiger charge is -2.15. The summed E-state index contributed by atoms with van der Waals surface area (Å²) in [4.78, 5) is 22.2. The maximum Gasteiger partial charge on any atom is 0.276 e. The number of imidazole rings is 1. The van der Waals surface area contributed by atoms with Crippen LogP contribution in [0, 0.1) is 20.8 Å². The Balaban J connectivity index is 2.00. The molecule has 3 aromatic rings. The minimum atomic E-state index is -0.275. The lowest BCUT2D eigenvalue weighted by Crippen LogP contribution is -2.24. The van der Waals surface area contributed by atoms with Crippen LogP contribution in [-0.2, 0) is 17.8 Å². The smallest absolute Gasteiger partial charge is 0.276 e. The van der Waals surface area contributed by atoms with Crippen LogP contribution in [0.15, 0.2) is 30.5 Å². The zero-order valence-electron chi connectivity index (χ0n) is 17.2. The van der Waals surface area contributed by atoms with Crippen LogP contribution < -0.4 is 10.8 Å². The van der Waals surface area contributed by atoms with Crippen LogP contribution in [0.2, 0.25) is 0 Å². The van der Waals surface area contributed by atoms with Crippen molar-refractivity contribution in [1.82, 2.24) is 14.9 Å². The summed E-state index contributed by atoms with van der Waals surface area (Å²) in [6.45, 7) is 11.2. The molecule has 0 radical (unpaired) electrons. The number of aromatic nitrogens is 2. The SMILES string of the molecule is CCONC(=O)c1cc(NCc2c(C)cccc2CC)c2nc(C)c(C)n2c1. The molecule has 2 aromatic heterocycles. The lowest BCUT2D eigenvalue weighted by molar-refractivity contribution is 0.0364. The molecule has 0 unspecified atom stereocenters. The van der Waals surface area contributed by atoms with Crippen LogP contribution in [-0.4, -0.2) is 21.9 Å². The van der Waals surface area contributed by atoms with E-state index in [1.807, 2.05) is 31.2 Å². The molecule has 3 rings (SSSR count). The number of nitrogens with one attached hydrogen (secondary N) is 2. The molecule has 1 aromatic carbocycles. The molecule has 6 nitrogen and oxygen atoms in total. The zero-order valence-corrected chi connectivity index (χ0v) is 17.2. The number of hydrogen-bond donors (Lipinski definition) is 2. The quantitative estimate of drug-likeness (QED) is 0.605. The molecule has 0 bridgehead atoms. The predicted molar refractivity (Wildman–Crippen MR) is 112 cm³/mol. The van der Waals surface area contributed by atoms with E-state index in [1.165, 1.54) is 16.7 Å². The van der Waals surface area contributed by atoms with Crippen molar-refractivity contribution in [2.45, 2.75) is 47.6 Å². The maximum atomic E-state index is 12.4. The van der Waals surface area contributed by atoms with E-state index in [0.717, 1.165) is 29.1 Å². The van der Waals surface area contributed by atoms with Crippen LogP contribution >= 0.6 is 0 Å². The fourth-order valence-corrected chi connectivity index (χ4v) is 3.35. The molecule has 1 amide bonds. The predicted octanol–water partition coefficient (Wildman–Crippen LogP) is 4.12. The van der Waals surface area contributed by atoms with Gasteiger partial charge in [-0.25, -0.2) is 10.5 Å². The highest BCUT2D eigenvalue weighted by Gasteiger charge is 2.15. The molecule has 0 aliphatic heterocycles. The van der Waals surface area contributed by atoms with Crippen molar-refractivity contribution in [2.24, 2.45) is 0 Å². The van der Waals surface area contributed by atoms with Crippen molar-refractivity contribution in [3.63, 3.8) is 0 Å². The minimum absolute atomic E-state index is 0.275. The van der Waals surface area contributed by atoms with E-state index in [4.69, 9.17) is 9.82 Å². The molecule has 0 spiro atoms. The average Bonchev–Trinajstić information content (AvgIpc) is 2.99.